The first kappa shape index (κ1) is 11.1. The first-order chi connectivity index (χ1) is 9.15. The molecule has 7 nitrogen and oxygen atoms in total. The summed E-state index contributed by atoms with van der Waals surface area (Å²) in [4.78, 5) is 20.1. The molecule has 0 aliphatic heterocycles. The van der Waals surface area contributed by atoms with Crippen molar-refractivity contribution in [1.29, 1.82) is 0 Å². The molecule has 7 heteroatoms. The van der Waals surface area contributed by atoms with Crippen molar-refractivity contribution < 1.29 is 4.79 Å². The standard InChI is InChI=1S/C12H10N6O/c13-8-3-1-2-7-4-5-9(16-10(7)8)11(19)18-6-15-12(14)17-18/h1-6H,13H2,(H2,14,17). The minimum Gasteiger partial charge on any atom is -0.397 e. The summed E-state index contributed by atoms with van der Waals surface area (Å²) in [5.74, 6) is -0.372. The van der Waals surface area contributed by atoms with Crippen LogP contribution in [0.25, 0.3) is 10.9 Å². The number of aromatic nitrogens is 4. The molecule has 0 unspecified atom stereocenters. The number of rotatable bonds is 1. The van der Waals surface area contributed by atoms with E-state index in [1.54, 1.807) is 18.2 Å². The van der Waals surface area contributed by atoms with Crippen molar-refractivity contribution in [2.24, 2.45) is 0 Å². The molecular formula is C12H10N6O. The molecule has 0 aliphatic carbocycles. The van der Waals surface area contributed by atoms with Crippen molar-refractivity contribution in [3.8, 4) is 0 Å². The van der Waals surface area contributed by atoms with Crippen LogP contribution in [-0.4, -0.2) is 25.7 Å². The molecule has 3 rings (SSSR count). The van der Waals surface area contributed by atoms with E-state index >= 15 is 0 Å². The fraction of sp³-hybridized carbons (Fsp3) is 0. The number of carbonyl (C=O) groups excluding carboxylic acids is 1. The number of hydrogen-bond donors (Lipinski definition) is 2. The highest BCUT2D eigenvalue weighted by molar-refractivity contribution is 5.97. The van der Waals surface area contributed by atoms with Gasteiger partial charge in [0.25, 0.3) is 5.91 Å². The second-order valence-electron chi connectivity index (χ2n) is 3.97. The monoisotopic (exact) mass is 254 g/mol. The lowest BCUT2D eigenvalue weighted by molar-refractivity contribution is 0.0940. The Morgan fingerprint density at radius 3 is 2.74 bits per heavy atom. The van der Waals surface area contributed by atoms with Crippen LogP contribution in [0.1, 0.15) is 10.5 Å². The SMILES string of the molecule is Nc1ncn(C(=O)c2ccc3cccc(N)c3n2)n1. The maximum absolute atomic E-state index is 12.1. The minimum absolute atomic E-state index is 0.0358. The number of carbonyl (C=O) groups is 1. The van der Waals surface area contributed by atoms with Crippen LogP contribution >= 0.6 is 0 Å². The van der Waals surface area contributed by atoms with E-state index in [1.807, 2.05) is 12.1 Å². The summed E-state index contributed by atoms with van der Waals surface area (Å²) in [6.45, 7) is 0. The zero-order valence-electron chi connectivity index (χ0n) is 9.82. The molecule has 1 aromatic carbocycles. The number of benzene rings is 1. The number of nitrogens with zero attached hydrogens (tertiary/aromatic N) is 4. The van der Waals surface area contributed by atoms with Gasteiger partial charge in [-0.15, -0.1) is 5.10 Å². The zero-order chi connectivity index (χ0) is 13.4. The van der Waals surface area contributed by atoms with Gasteiger partial charge in [-0.05, 0) is 12.1 Å². The van der Waals surface area contributed by atoms with Crippen LogP contribution in [0, 0.1) is 0 Å². The predicted octanol–water partition coefficient (Wildman–Crippen LogP) is 0.679. The zero-order valence-corrected chi connectivity index (χ0v) is 9.82. The van der Waals surface area contributed by atoms with Gasteiger partial charge in [0.2, 0.25) is 5.95 Å². The molecule has 0 fully saturated rings. The molecule has 0 bridgehead atoms. The molecular weight excluding hydrogens is 244 g/mol. The van der Waals surface area contributed by atoms with Crippen LogP contribution in [0.5, 0.6) is 0 Å². The van der Waals surface area contributed by atoms with E-state index in [1.165, 1.54) is 6.33 Å². The van der Waals surface area contributed by atoms with E-state index in [0.717, 1.165) is 10.1 Å². The molecule has 4 N–H and O–H groups in total. The van der Waals surface area contributed by atoms with Crippen LogP contribution in [0.2, 0.25) is 0 Å². The largest absolute Gasteiger partial charge is 0.397 e. The maximum atomic E-state index is 12.1. The van der Waals surface area contributed by atoms with Gasteiger partial charge in [0.15, 0.2) is 0 Å². The fourth-order valence-corrected chi connectivity index (χ4v) is 1.78. The Kier molecular flexibility index (Phi) is 2.38. The third kappa shape index (κ3) is 1.86. The molecule has 94 valence electrons. The van der Waals surface area contributed by atoms with Gasteiger partial charge in [-0.2, -0.15) is 4.68 Å². The number of hydrogen-bond acceptors (Lipinski definition) is 6. The smallest absolute Gasteiger partial charge is 0.298 e. The average molecular weight is 254 g/mol. The van der Waals surface area contributed by atoms with Gasteiger partial charge in [0.05, 0.1) is 11.2 Å². The van der Waals surface area contributed by atoms with Crippen molar-refractivity contribution in [3.05, 3.63) is 42.4 Å². The highest BCUT2D eigenvalue weighted by atomic mass is 16.2. The summed E-state index contributed by atoms with van der Waals surface area (Å²) in [6.07, 6.45) is 1.25. The lowest BCUT2D eigenvalue weighted by Gasteiger charge is -2.03. The molecule has 0 amide bonds. The Labute approximate surface area is 107 Å². The highest BCUT2D eigenvalue weighted by Gasteiger charge is 2.13. The van der Waals surface area contributed by atoms with Crippen LogP contribution in [0.3, 0.4) is 0 Å². The summed E-state index contributed by atoms with van der Waals surface area (Å²) in [7, 11) is 0. The van der Waals surface area contributed by atoms with Gasteiger partial charge in [-0.25, -0.2) is 9.97 Å². The normalized spacial score (nSPS) is 10.7. The van der Waals surface area contributed by atoms with Crippen LogP contribution in [0.4, 0.5) is 11.6 Å². The van der Waals surface area contributed by atoms with Gasteiger partial charge in [0, 0.05) is 5.39 Å². The van der Waals surface area contributed by atoms with Crippen molar-refractivity contribution in [1.82, 2.24) is 19.7 Å². The predicted molar refractivity (Wildman–Crippen MR) is 70.3 cm³/mol. The van der Waals surface area contributed by atoms with Gasteiger partial charge >= 0.3 is 0 Å². The van der Waals surface area contributed by atoms with E-state index in [-0.39, 0.29) is 11.6 Å². The van der Waals surface area contributed by atoms with Crippen LogP contribution < -0.4 is 11.5 Å². The lowest BCUT2D eigenvalue weighted by Crippen LogP contribution is -2.14. The molecule has 0 aliphatic rings. The lowest BCUT2D eigenvalue weighted by atomic mass is 10.1. The van der Waals surface area contributed by atoms with Crippen molar-refractivity contribution in [2.75, 3.05) is 11.5 Å². The summed E-state index contributed by atoms with van der Waals surface area (Å²) in [5.41, 5.74) is 12.5. The Balaban J connectivity index is 2.11. The molecule has 2 aromatic heterocycles. The number of para-hydroxylation sites is 1. The number of nitrogens with two attached hydrogens (primary N) is 2. The highest BCUT2D eigenvalue weighted by Crippen LogP contribution is 2.19. The Bertz CT molecular complexity index is 779. The van der Waals surface area contributed by atoms with E-state index in [2.05, 4.69) is 15.1 Å². The maximum Gasteiger partial charge on any atom is 0.298 e. The average Bonchev–Trinajstić information content (AvgIpc) is 2.85. The van der Waals surface area contributed by atoms with Crippen molar-refractivity contribution >= 4 is 28.4 Å². The second kappa shape index (κ2) is 4.05. The molecule has 3 aromatic rings. The number of nitrogen functional groups attached to an aromatic ring is 2. The first-order valence-electron chi connectivity index (χ1n) is 5.52. The second-order valence-corrected chi connectivity index (χ2v) is 3.97. The summed E-state index contributed by atoms with van der Waals surface area (Å²) in [6, 6.07) is 8.84. The van der Waals surface area contributed by atoms with Gasteiger partial charge in [0.1, 0.15) is 12.0 Å². The third-order valence-corrected chi connectivity index (χ3v) is 2.69. The van der Waals surface area contributed by atoms with Gasteiger partial charge < -0.3 is 11.5 Å². The summed E-state index contributed by atoms with van der Waals surface area (Å²) < 4.78 is 1.04. The Hall–Kier alpha value is -2.96. The molecule has 0 atom stereocenters. The van der Waals surface area contributed by atoms with E-state index in [4.69, 9.17) is 11.5 Å². The molecule has 19 heavy (non-hydrogen) atoms. The van der Waals surface area contributed by atoms with E-state index < -0.39 is 5.91 Å². The van der Waals surface area contributed by atoms with Crippen molar-refractivity contribution in [3.63, 3.8) is 0 Å². The van der Waals surface area contributed by atoms with Crippen molar-refractivity contribution in [2.45, 2.75) is 0 Å². The van der Waals surface area contributed by atoms with E-state index in [0.29, 0.717) is 11.2 Å². The third-order valence-electron chi connectivity index (χ3n) is 2.69. The summed E-state index contributed by atoms with van der Waals surface area (Å²) >= 11 is 0. The number of anilines is 2. The van der Waals surface area contributed by atoms with Crippen LogP contribution in [0.15, 0.2) is 36.7 Å². The van der Waals surface area contributed by atoms with Gasteiger partial charge in [-0.3, -0.25) is 4.79 Å². The van der Waals surface area contributed by atoms with Crippen LogP contribution in [-0.2, 0) is 0 Å². The molecule has 0 saturated heterocycles. The first-order valence-corrected chi connectivity index (χ1v) is 5.52. The minimum atomic E-state index is -0.408. The summed E-state index contributed by atoms with van der Waals surface area (Å²) in [5, 5.41) is 4.62. The van der Waals surface area contributed by atoms with E-state index in [9.17, 15) is 4.79 Å². The number of fused-ring (bicyclic) bond motifs is 1. The Morgan fingerprint density at radius 1 is 1.16 bits per heavy atom. The quantitative estimate of drug-likeness (QED) is 0.617. The molecule has 0 spiro atoms. The molecule has 2 heterocycles. The molecule has 0 saturated carbocycles. The molecule has 0 radical (unpaired) electrons. The topological polar surface area (TPSA) is 113 Å². The fourth-order valence-electron chi connectivity index (χ4n) is 1.78. The van der Waals surface area contributed by atoms with Gasteiger partial charge in [-0.1, -0.05) is 18.2 Å². The Morgan fingerprint density at radius 2 is 2.00 bits per heavy atom. The number of pyridine rings is 1.